The standard InChI is InChI=1S/C13H16N2O5S/c16-13(6-10-7-21(17,18)4-3-14-10)15-9-1-2-11-12(5-9)20-8-19-11/h1-2,5,10,14H,3-4,6-8H2,(H,15,16). The van der Waals surface area contributed by atoms with Gasteiger partial charge in [-0.3, -0.25) is 4.79 Å². The predicted octanol–water partition coefficient (Wildman–Crippen LogP) is 0.131. The number of ether oxygens (including phenoxy) is 2. The Labute approximate surface area is 122 Å². The summed E-state index contributed by atoms with van der Waals surface area (Å²) in [5, 5.41) is 5.79. The molecule has 0 bridgehead atoms. The number of sulfone groups is 1. The van der Waals surface area contributed by atoms with E-state index in [0.29, 0.717) is 23.7 Å². The van der Waals surface area contributed by atoms with Crippen LogP contribution in [0.4, 0.5) is 5.69 Å². The topological polar surface area (TPSA) is 93.7 Å². The van der Waals surface area contributed by atoms with Crippen LogP contribution in [0.25, 0.3) is 0 Å². The predicted molar refractivity (Wildman–Crippen MR) is 76.3 cm³/mol. The Morgan fingerprint density at radius 1 is 1.33 bits per heavy atom. The molecule has 2 aliphatic heterocycles. The van der Waals surface area contributed by atoms with E-state index < -0.39 is 9.84 Å². The van der Waals surface area contributed by atoms with E-state index in [1.165, 1.54) is 0 Å². The van der Waals surface area contributed by atoms with E-state index in [-0.39, 0.29) is 36.7 Å². The second kappa shape index (κ2) is 5.53. The molecule has 21 heavy (non-hydrogen) atoms. The van der Waals surface area contributed by atoms with Crippen molar-refractivity contribution in [1.29, 1.82) is 0 Å². The van der Waals surface area contributed by atoms with Crippen molar-refractivity contribution >= 4 is 21.4 Å². The molecule has 3 rings (SSSR count). The molecule has 0 aliphatic carbocycles. The molecule has 1 aromatic carbocycles. The minimum absolute atomic E-state index is 0.00155. The number of fused-ring (bicyclic) bond motifs is 1. The van der Waals surface area contributed by atoms with Gasteiger partial charge in [-0.25, -0.2) is 8.42 Å². The van der Waals surface area contributed by atoms with Crippen molar-refractivity contribution < 1.29 is 22.7 Å². The first-order chi connectivity index (χ1) is 10.0. The van der Waals surface area contributed by atoms with E-state index in [1.54, 1.807) is 18.2 Å². The molecule has 7 nitrogen and oxygen atoms in total. The van der Waals surface area contributed by atoms with Crippen molar-refractivity contribution in [3.8, 4) is 11.5 Å². The van der Waals surface area contributed by atoms with Crippen molar-refractivity contribution in [1.82, 2.24) is 5.32 Å². The number of hydrogen-bond acceptors (Lipinski definition) is 6. The Balaban J connectivity index is 1.59. The van der Waals surface area contributed by atoms with Gasteiger partial charge >= 0.3 is 0 Å². The van der Waals surface area contributed by atoms with Crippen LogP contribution in [0.2, 0.25) is 0 Å². The van der Waals surface area contributed by atoms with Gasteiger partial charge in [0.2, 0.25) is 12.7 Å². The number of carbonyl (C=O) groups is 1. The smallest absolute Gasteiger partial charge is 0.231 e. The Morgan fingerprint density at radius 3 is 2.95 bits per heavy atom. The molecule has 114 valence electrons. The van der Waals surface area contributed by atoms with Crippen molar-refractivity contribution in [3.05, 3.63) is 18.2 Å². The maximum absolute atomic E-state index is 12.0. The highest BCUT2D eigenvalue weighted by atomic mass is 32.2. The maximum atomic E-state index is 12.0. The first-order valence-electron chi connectivity index (χ1n) is 6.65. The zero-order chi connectivity index (χ0) is 14.9. The number of rotatable bonds is 3. The van der Waals surface area contributed by atoms with Gasteiger partial charge in [-0.1, -0.05) is 0 Å². The number of hydrogen-bond donors (Lipinski definition) is 2. The van der Waals surface area contributed by atoms with E-state index in [9.17, 15) is 13.2 Å². The van der Waals surface area contributed by atoms with Crippen LogP contribution in [0.3, 0.4) is 0 Å². The van der Waals surface area contributed by atoms with E-state index in [2.05, 4.69) is 10.6 Å². The molecule has 1 atom stereocenters. The summed E-state index contributed by atoms with van der Waals surface area (Å²) in [6.45, 7) is 0.570. The van der Waals surface area contributed by atoms with Crippen molar-refractivity contribution in [2.45, 2.75) is 12.5 Å². The fourth-order valence-corrected chi connectivity index (χ4v) is 3.85. The highest BCUT2D eigenvalue weighted by molar-refractivity contribution is 7.91. The minimum atomic E-state index is -3.04. The molecule has 1 unspecified atom stereocenters. The Morgan fingerprint density at radius 2 is 2.14 bits per heavy atom. The summed E-state index contributed by atoms with van der Waals surface area (Å²) in [4.78, 5) is 12.0. The third-order valence-corrected chi connectivity index (χ3v) is 5.13. The summed E-state index contributed by atoms with van der Waals surface area (Å²) in [6.07, 6.45) is 0.119. The SMILES string of the molecule is O=C(CC1CS(=O)(=O)CCN1)Nc1ccc2c(c1)OCO2. The van der Waals surface area contributed by atoms with Crippen molar-refractivity contribution in [3.63, 3.8) is 0 Å². The van der Waals surface area contributed by atoms with Crippen LogP contribution in [0.1, 0.15) is 6.42 Å². The van der Waals surface area contributed by atoms with Crippen LogP contribution >= 0.6 is 0 Å². The van der Waals surface area contributed by atoms with Crippen molar-refractivity contribution in [2.75, 3.05) is 30.2 Å². The quantitative estimate of drug-likeness (QED) is 0.824. The number of anilines is 1. The van der Waals surface area contributed by atoms with Crippen LogP contribution < -0.4 is 20.1 Å². The summed E-state index contributed by atoms with van der Waals surface area (Å²) >= 11 is 0. The van der Waals surface area contributed by atoms with Crippen molar-refractivity contribution in [2.24, 2.45) is 0 Å². The third-order valence-electron chi connectivity index (χ3n) is 3.39. The number of amides is 1. The van der Waals surface area contributed by atoms with Gasteiger partial charge < -0.3 is 20.1 Å². The normalized spacial score (nSPS) is 22.8. The molecule has 2 aliphatic rings. The summed E-state index contributed by atoms with van der Waals surface area (Å²) < 4.78 is 33.5. The monoisotopic (exact) mass is 312 g/mol. The fourth-order valence-electron chi connectivity index (χ4n) is 2.41. The van der Waals surface area contributed by atoms with Gasteiger partial charge in [0.1, 0.15) is 0 Å². The molecule has 1 amide bonds. The fraction of sp³-hybridized carbons (Fsp3) is 0.462. The molecule has 0 aromatic heterocycles. The second-order valence-corrected chi connectivity index (χ2v) is 7.31. The van der Waals surface area contributed by atoms with E-state index in [4.69, 9.17) is 9.47 Å². The van der Waals surface area contributed by atoms with E-state index in [0.717, 1.165) is 0 Å². The van der Waals surface area contributed by atoms with Gasteiger partial charge in [0.25, 0.3) is 0 Å². The summed E-state index contributed by atoms with van der Waals surface area (Å²) in [7, 11) is -3.04. The minimum Gasteiger partial charge on any atom is -0.454 e. The molecular weight excluding hydrogens is 296 g/mol. The summed E-state index contributed by atoms with van der Waals surface area (Å²) in [6, 6.07) is 4.79. The molecule has 0 spiro atoms. The lowest BCUT2D eigenvalue weighted by molar-refractivity contribution is -0.116. The molecule has 0 radical (unpaired) electrons. The molecule has 2 heterocycles. The van der Waals surface area contributed by atoms with Gasteiger partial charge in [-0.05, 0) is 12.1 Å². The lowest BCUT2D eigenvalue weighted by atomic mass is 10.2. The number of benzene rings is 1. The van der Waals surface area contributed by atoms with Gasteiger partial charge in [0.05, 0.1) is 11.5 Å². The van der Waals surface area contributed by atoms with E-state index in [1.807, 2.05) is 0 Å². The van der Waals surface area contributed by atoms with Crippen LogP contribution in [0.5, 0.6) is 11.5 Å². The van der Waals surface area contributed by atoms with Crippen LogP contribution in [-0.4, -0.2) is 45.2 Å². The van der Waals surface area contributed by atoms with Crippen LogP contribution in [0, 0.1) is 0 Å². The largest absolute Gasteiger partial charge is 0.454 e. The maximum Gasteiger partial charge on any atom is 0.231 e. The summed E-state index contributed by atoms with van der Waals surface area (Å²) in [5.74, 6) is 1.14. The third kappa shape index (κ3) is 3.45. The van der Waals surface area contributed by atoms with Gasteiger partial charge in [0, 0.05) is 30.8 Å². The average Bonchev–Trinajstić information content (AvgIpc) is 2.84. The number of carbonyl (C=O) groups excluding carboxylic acids is 1. The van der Waals surface area contributed by atoms with E-state index >= 15 is 0 Å². The molecule has 0 saturated carbocycles. The van der Waals surface area contributed by atoms with Gasteiger partial charge in [-0.15, -0.1) is 0 Å². The molecular formula is C13H16N2O5S. The number of nitrogens with one attached hydrogen (secondary N) is 2. The molecule has 2 N–H and O–H groups in total. The highest BCUT2D eigenvalue weighted by Crippen LogP contribution is 2.34. The molecule has 8 heteroatoms. The van der Waals surface area contributed by atoms with Crippen LogP contribution in [0.15, 0.2) is 18.2 Å². The first kappa shape index (κ1) is 14.2. The van der Waals surface area contributed by atoms with Gasteiger partial charge in [0.15, 0.2) is 21.3 Å². The lowest BCUT2D eigenvalue weighted by Gasteiger charge is -2.23. The molecule has 1 saturated heterocycles. The van der Waals surface area contributed by atoms with Gasteiger partial charge in [-0.2, -0.15) is 0 Å². The molecule has 1 aromatic rings. The Kier molecular flexibility index (Phi) is 3.73. The Hall–Kier alpha value is -1.80. The second-order valence-electron chi connectivity index (χ2n) is 5.09. The Bertz CT molecular complexity index is 659. The average molecular weight is 312 g/mol. The highest BCUT2D eigenvalue weighted by Gasteiger charge is 2.26. The lowest BCUT2D eigenvalue weighted by Crippen LogP contribution is -2.46. The zero-order valence-electron chi connectivity index (χ0n) is 11.3. The zero-order valence-corrected chi connectivity index (χ0v) is 12.1. The summed E-state index contributed by atoms with van der Waals surface area (Å²) in [5.41, 5.74) is 0.600. The first-order valence-corrected chi connectivity index (χ1v) is 8.47. The van der Waals surface area contributed by atoms with Crippen LogP contribution in [-0.2, 0) is 14.6 Å². The molecule has 1 fully saturated rings.